The van der Waals surface area contributed by atoms with E-state index in [0.29, 0.717) is 22.2 Å². The van der Waals surface area contributed by atoms with Crippen LogP contribution >= 0.6 is 0 Å². The maximum atomic E-state index is 12.4. The van der Waals surface area contributed by atoms with E-state index in [1.165, 1.54) is 12.1 Å². The Bertz CT molecular complexity index is 1360. The van der Waals surface area contributed by atoms with E-state index in [1.54, 1.807) is 60.7 Å². The van der Waals surface area contributed by atoms with Gasteiger partial charge in [0.2, 0.25) is 5.76 Å². The van der Waals surface area contributed by atoms with Gasteiger partial charge in [0.1, 0.15) is 5.58 Å². The summed E-state index contributed by atoms with van der Waals surface area (Å²) in [4.78, 5) is 48.9. The zero-order valence-corrected chi connectivity index (χ0v) is 16.7. The molecule has 0 saturated heterocycles. The number of carbonyl (C=O) groups is 3. The van der Waals surface area contributed by atoms with E-state index in [1.807, 2.05) is 6.07 Å². The largest absolute Gasteiger partial charge is 0.451 e. The van der Waals surface area contributed by atoms with Crippen molar-refractivity contribution in [1.29, 1.82) is 0 Å². The molecule has 0 unspecified atom stereocenters. The fourth-order valence-electron chi connectivity index (χ4n) is 3.02. The second-order valence-corrected chi connectivity index (χ2v) is 6.87. The third-order valence-electron chi connectivity index (χ3n) is 4.67. The highest BCUT2D eigenvalue weighted by atomic mass is 16.5. The van der Waals surface area contributed by atoms with Gasteiger partial charge in [0.05, 0.1) is 5.39 Å². The van der Waals surface area contributed by atoms with E-state index in [0.717, 1.165) is 6.07 Å². The first-order chi connectivity index (χ1) is 15.5. The fraction of sp³-hybridized carbons (Fsp3) is 0.0400. The molecule has 0 atom stereocenters. The van der Waals surface area contributed by atoms with Crippen molar-refractivity contribution in [3.05, 3.63) is 112 Å². The normalized spacial score (nSPS) is 10.5. The first-order valence-corrected chi connectivity index (χ1v) is 9.71. The van der Waals surface area contributed by atoms with Crippen LogP contribution in [0.3, 0.4) is 0 Å². The second-order valence-electron chi connectivity index (χ2n) is 6.87. The van der Waals surface area contributed by atoms with Crippen molar-refractivity contribution >= 4 is 34.3 Å². The van der Waals surface area contributed by atoms with Gasteiger partial charge in [-0.3, -0.25) is 14.4 Å². The molecule has 158 valence electrons. The minimum atomic E-state index is -0.909. The molecule has 0 aliphatic heterocycles. The van der Waals surface area contributed by atoms with Crippen LogP contribution < -0.4 is 10.7 Å². The average Bonchev–Trinajstić information content (AvgIpc) is 2.83. The third kappa shape index (κ3) is 4.62. The Morgan fingerprint density at radius 2 is 1.50 bits per heavy atom. The lowest BCUT2D eigenvalue weighted by Gasteiger charge is -2.07. The number of ether oxygens (including phenoxy) is 1. The molecule has 0 spiro atoms. The fourth-order valence-corrected chi connectivity index (χ4v) is 3.02. The maximum Gasteiger partial charge on any atom is 0.374 e. The van der Waals surface area contributed by atoms with E-state index in [2.05, 4.69) is 5.32 Å². The molecular weight excluding hydrogens is 410 g/mol. The molecule has 4 rings (SSSR count). The first kappa shape index (κ1) is 20.7. The summed E-state index contributed by atoms with van der Waals surface area (Å²) in [7, 11) is 0. The standard InChI is InChI=1S/C25H17NO6/c27-20-14-23(32-22-9-5-4-8-19(20)22)25(30)31-15-21(28)16-10-12-18(13-11-16)26-24(29)17-6-2-1-3-7-17/h1-14H,15H2,(H,26,29). The van der Waals surface area contributed by atoms with Crippen LogP contribution in [0.25, 0.3) is 11.0 Å². The molecule has 3 aromatic carbocycles. The molecular formula is C25H17NO6. The van der Waals surface area contributed by atoms with Gasteiger partial charge in [0, 0.05) is 22.9 Å². The average molecular weight is 427 g/mol. The van der Waals surface area contributed by atoms with E-state index in [9.17, 15) is 19.2 Å². The van der Waals surface area contributed by atoms with Crippen molar-refractivity contribution in [2.24, 2.45) is 0 Å². The molecule has 7 nitrogen and oxygen atoms in total. The maximum absolute atomic E-state index is 12.4. The highest BCUT2D eigenvalue weighted by Gasteiger charge is 2.16. The molecule has 7 heteroatoms. The minimum absolute atomic E-state index is 0.256. The number of Topliss-reactive ketones (excluding diaryl/α,β-unsaturated/α-hetero) is 1. The van der Waals surface area contributed by atoms with Crippen LogP contribution in [0.2, 0.25) is 0 Å². The summed E-state index contributed by atoms with van der Waals surface area (Å²) in [6.07, 6.45) is 0. The molecule has 4 aromatic rings. The molecule has 1 amide bonds. The molecule has 32 heavy (non-hydrogen) atoms. The van der Waals surface area contributed by atoms with Gasteiger partial charge in [0.25, 0.3) is 5.91 Å². The van der Waals surface area contributed by atoms with Crippen molar-refractivity contribution in [3.63, 3.8) is 0 Å². The van der Waals surface area contributed by atoms with Crippen LogP contribution in [-0.2, 0) is 4.74 Å². The van der Waals surface area contributed by atoms with Crippen molar-refractivity contribution in [2.75, 3.05) is 11.9 Å². The monoisotopic (exact) mass is 427 g/mol. The summed E-state index contributed by atoms with van der Waals surface area (Å²) in [5, 5.41) is 3.09. The molecule has 0 bridgehead atoms. The van der Waals surface area contributed by atoms with E-state index in [4.69, 9.17) is 9.15 Å². The summed E-state index contributed by atoms with van der Waals surface area (Å²) in [6.45, 7) is -0.523. The summed E-state index contributed by atoms with van der Waals surface area (Å²) in [5.74, 6) is -1.90. The van der Waals surface area contributed by atoms with E-state index < -0.39 is 18.4 Å². The van der Waals surface area contributed by atoms with Gasteiger partial charge in [-0.05, 0) is 48.5 Å². The predicted molar refractivity (Wildman–Crippen MR) is 118 cm³/mol. The van der Waals surface area contributed by atoms with Crippen LogP contribution in [-0.4, -0.2) is 24.3 Å². The second kappa shape index (κ2) is 9.09. The number of amides is 1. The predicted octanol–water partition coefficient (Wildman–Crippen LogP) is 4.09. The number of benzene rings is 3. The SMILES string of the molecule is O=C(COC(=O)c1cc(=O)c2ccccc2o1)c1ccc(NC(=O)c2ccccc2)cc1. The van der Waals surface area contributed by atoms with Gasteiger partial charge in [-0.15, -0.1) is 0 Å². The lowest BCUT2D eigenvalue weighted by molar-refractivity contribution is 0.0444. The summed E-state index contributed by atoms with van der Waals surface area (Å²) in [5.41, 5.74) is 1.21. The van der Waals surface area contributed by atoms with Gasteiger partial charge in [0.15, 0.2) is 17.8 Å². The molecule has 0 aliphatic carbocycles. The summed E-state index contributed by atoms with van der Waals surface area (Å²) >= 11 is 0. The zero-order valence-electron chi connectivity index (χ0n) is 16.7. The lowest BCUT2D eigenvalue weighted by atomic mass is 10.1. The Labute approximate surface area is 182 Å². The highest BCUT2D eigenvalue weighted by Crippen LogP contribution is 2.14. The Morgan fingerprint density at radius 1 is 0.812 bits per heavy atom. The molecule has 0 aliphatic rings. The number of nitrogens with one attached hydrogen (secondary N) is 1. The number of ketones is 1. The van der Waals surface area contributed by atoms with E-state index in [-0.39, 0.29) is 22.7 Å². The van der Waals surface area contributed by atoms with Crippen LogP contribution in [0.1, 0.15) is 31.3 Å². The van der Waals surface area contributed by atoms with Crippen LogP contribution in [0, 0.1) is 0 Å². The van der Waals surface area contributed by atoms with Crippen molar-refractivity contribution in [1.82, 2.24) is 0 Å². The molecule has 0 fully saturated rings. The topological polar surface area (TPSA) is 103 Å². The van der Waals surface area contributed by atoms with Gasteiger partial charge in [-0.1, -0.05) is 30.3 Å². The number of hydrogen-bond acceptors (Lipinski definition) is 6. The number of anilines is 1. The van der Waals surface area contributed by atoms with Crippen LogP contribution in [0.5, 0.6) is 0 Å². The molecule has 1 aromatic heterocycles. The van der Waals surface area contributed by atoms with Crippen molar-refractivity contribution in [3.8, 4) is 0 Å². The van der Waals surface area contributed by atoms with Gasteiger partial charge in [-0.2, -0.15) is 0 Å². The van der Waals surface area contributed by atoms with Gasteiger partial charge in [-0.25, -0.2) is 4.79 Å². The minimum Gasteiger partial charge on any atom is -0.451 e. The van der Waals surface area contributed by atoms with Crippen molar-refractivity contribution < 1.29 is 23.5 Å². The van der Waals surface area contributed by atoms with Gasteiger partial charge < -0.3 is 14.5 Å². The molecule has 1 heterocycles. The highest BCUT2D eigenvalue weighted by molar-refractivity contribution is 6.05. The number of esters is 1. The number of fused-ring (bicyclic) bond motifs is 1. The summed E-state index contributed by atoms with van der Waals surface area (Å²) < 4.78 is 10.4. The van der Waals surface area contributed by atoms with E-state index >= 15 is 0 Å². The zero-order chi connectivity index (χ0) is 22.5. The summed E-state index contributed by atoms with van der Waals surface area (Å²) in [6, 6.07) is 22.5. The van der Waals surface area contributed by atoms with Gasteiger partial charge >= 0.3 is 5.97 Å². The molecule has 0 radical (unpaired) electrons. The number of hydrogen-bond donors (Lipinski definition) is 1. The Hall–Kier alpha value is -4.52. The Balaban J connectivity index is 1.37. The number of rotatable bonds is 6. The first-order valence-electron chi connectivity index (χ1n) is 9.71. The smallest absolute Gasteiger partial charge is 0.374 e. The quantitative estimate of drug-likeness (QED) is 0.367. The third-order valence-corrected chi connectivity index (χ3v) is 4.67. The number of para-hydroxylation sites is 1. The Kier molecular flexibility index (Phi) is 5.89. The molecule has 1 N–H and O–H groups in total. The van der Waals surface area contributed by atoms with Crippen LogP contribution in [0.15, 0.2) is 94.1 Å². The molecule has 0 saturated carbocycles. The lowest BCUT2D eigenvalue weighted by Crippen LogP contribution is -2.16. The Morgan fingerprint density at radius 3 is 2.25 bits per heavy atom. The number of carbonyl (C=O) groups excluding carboxylic acids is 3. The van der Waals surface area contributed by atoms with Crippen molar-refractivity contribution in [2.45, 2.75) is 0 Å². The van der Waals surface area contributed by atoms with Crippen LogP contribution in [0.4, 0.5) is 5.69 Å².